The van der Waals surface area contributed by atoms with Crippen LogP contribution in [-0.2, 0) is 9.59 Å². The smallest absolute Gasteiger partial charge is 0.229 e. The maximum atomic E-state index is 13.7. The molecule has 7 heteroatoms. The molecule has 0 saturated carbocycles. The summed E-state index contributed by atoms with van der Waals surface area (Å²) in [4.78, 5) is 26.2. The molecule has 1 fully saturated rings. The fourth-order valence-electron chi connectivity index (χ4n) is 3.00. The average molecular weight is 362 g/mol. The van der Waals surface area contributed by atoms with E-state index in [-0.39, 0.29) is 18.9 Å². The van der Waals surface area contributed by atoms with Crippen molar-refractivity contribution in [2.24, 2.45) is 5.92 Å². The molecule has 1 aliphatic rings. The Kier molecular flexibility index (Phi) is 4.71. The predicted octanol–water partition coefficient (Wildman–Crippen LogP) is 3.71. The van der Waals surface area contributed by atoms with Gasteiger partial charge in [-0.2, -0.15) is 0 Å². The maximum Gasteiger partial charge on any atom is 0.229 e. The van der Waals surface area contributed by atoms with Crippen LogP contribution < -0.4 is 10.2 Å². The second-order valence-corrected chi connectivity index (χ2v) is 6.34. The summed E-state index contributed by atoms with van der Waals surface area (Å²) in [6.07, 6.45) is -0.0372. The molecule has 0 aliphatic carbocycles. The third-order valence-electron chi connectivity index (χ3n) is 4.66. The standard InChI is InChI=1S/C19H17F3N2O2/c1-10-4-3-5-15(11(10)2)24-9-12(8-16(24)25)19(26)23-14-7-6-13(20)17(21)18(14)22/h3-7,12H,8-9H2,1-2H3,(H,23,26). The van der Waals surface area contributed by atoms with E-state index >= 15 is 0 Å². The number of amides is 2. The Morgan fingerprint density at radius 3 is 2.58 bits per heavy atom. The molecule has 2 aromatic carbocycles. The summed E-state index contributed by atoms with van der Waals surface area (Å²) in [7, 11) is 0. The largest absolute Gasteiger partial charge is 0.323 e. The van der Waals surface area contributed by atoms with E-state index in [1.54, 1.807) is 6.07 Å². The van der Waals surface area contributed by atoms with Crippen molar-refractivity contribution in [1.82, 2.24) is 0 Å². The van der Waals surface area contributed by atoms with E-state index in [2.05, 4.69) is 5.32 Å². The topological polar surface area (TPSA) is 49.4 Å². The third-order valence-corrected chi connectivity index (χ3v) is 4.66. The molecule has 1 unspecified atom stereocenters. The van der Waals surface area contributed by atoms with Gasteiger partial charge in [0.1, 0.15) is 0 Å². The van der Waals surface area contributed by atoms with Crippen molar-refractivity contribution in [3.05, 3.63) is 58.9 Å². The highest BCUT2D eigenvalue weighted by molar-refractivity contribution is 6.04. The van der Waals surface area contributed by atoms with Crippen molar-refractivity contribution < 1.29 is 22.8 Å². The van der Waals surface area contributed by atoms with Crippen LogP contribution >= 0.6 is 0 Å². The lowest BCUT2D eigenvalue weighted by Gasteiger charge is -2.20. The molecule has 1 atom stereocenters. The van der Waals surface area contributed by atoms with E-state index in [9.17, 15) is 22.8 Å². The summed E-state index contributed by atoms with van der Waals surface area (Å²) in [5.74, 6) is -6.00. The number of hydrogen-bond acceptors (Lipinski definition) is 2. The van der Waals surface area contributed by atoms with Gasteiger partial charge in [0.2, 0.25) is 11.8 Å². The van der Waals surface area contributed by atoms with Gasteiger partial charge in [-0.25, -0.2) is 13.2 Å². The van der Waals surface area contributed by atoms with Gasteiger partial charge in [-0.3, -0.25) is 9.59 Å². The second-order valence-electron chi connectivity index (χ2n) is 6.34. The van der Waals surface area contributed by atoms with Crippen molar-refractivity contribution in [2.75, 3.05) is 16.8 Å². The Morgan fingerprint density at radius 2 is 1.85 bits per heavy atom. The number of nitrogens with one attached hydrogen (secondary N) is 1. The number of nitrogens with zero attached hydrogens (tertiary/aromatic N) is 1. The summed E-state index contributed by atoms with van der Waals surface area (Å²) in [5, 5.41) is 2.24. The van der Waals surface area contributed by atoms with Gasteiger partial charge in [-0.15, -0.1) is 0 Å². The zero-order valence-electron chi connectivity index (χ0n) is 14.3. The van der Waals surface area contributed by atoms with Crippen molar-refractivity contribution in [2.45, 2.75) is 20.3 Å². The molecule has 3 rings (SSSR count). The lowest BCUT2D eigenvalue weighted by atomic mass is 10.1. The lowest BCUT2D eigenvalue weighted by Crippen LogP contribution is -2.29. The minimum Gasteiger partial charge on any atom is -0.323 e. The molecule has 0 aromatic heterocycles. The molecule has 4 nitrogen and oxygen atoms in total. The van der Waals surface area contributed by atoms with Gasteiger partial charge in [0.25, 0.3) is 0 Å². The molecule has 1 heterocycles. The van der Waals surface area contributed by atoms with Crippen LogP contribution in [-0.4, -0.2) is 18.4 Å². The number of rotatable bonds is 3. The molecular weight excluding hydrogens is 345 g/mol. The molecule has 1 aliphatic heterocycles. The van der Waals surface area contributed by atoms with Crippen LogP contribution in [0.1, 0.15) is 17.5 Å². The van der Waals surface area contributed by atoms with E-state index in [1.165, 1.54) is 4.90 Å². The summed E-state index contributed by atoms with van der Waals surface area (Å²) < 4.78 is 40.0. The monoisotopic (exact) mass is 362 g/mol. The van der Waals surface area contributed by atoms with Crippen molar-refractivity contribution in [3.63, 3.8) is 0 Å². The normalized spacial score (nSPS) is 16.9. The highest BCUT2D eigenvalue weighted by Crippen LogP contribution is 2.30. The number of aryl methyl sites for hydroxylation is 1. The minimum absolute atomic E-state index is 0.0372. The van der Waals surface area contributed by atoms with Crippen LogP contribution in [0.3, 0.4) is 0 Å². The van der Waals surface area contributed by atoms with E-state index in [0.29, 0.717) is 0 Å². The molecular formula is C19H17F3N2O2. The third kappa shape index (κ3) is 3.16. The molecule has 0 spiro atoms. The predicted molar refractivity (Wildman–Crippen MR) is 91.3 cm³/mol. The first kappa shape index (κ1) is 18.0. The van der Waals surface area contributed by atoms with Crippen LogP contribution in [0.15, 0.2) is 30.3 Å². The van der Waals surface area contributed by atoms with Crippen LogP contribution in [0.25, 0.3) is 0 Å². The van der Waals surface area contributed by atoms with Gasteiger partial charge in [-0.1, -0.05) is 12.1 Å². The van der Waals surface area contributed by atoms with Crippen molar-refractivity contribution in [1.29, 1.82) is 0 Å². The van der Waals surface area contributed by atoms with E-state index in [4.69, 9.17) is 0 Å². The Bertz CT molecular complexity index is 899. The highest BCUT2D eigenvalue weighted by atomic mass is 19.2. The molecule has 0 radical (unpaired) electrons. The number of halogens is 3. The van der Waals surface area contributed by atoms with Gasteiger partial charge < -0.3 is 10.2 Å². The molecule has 1 saturated heterocycles. The van der Waals surface area contributed by atoms with Crippen molar-refractivity contribution in [3.8, 4) is 0 Å². The number of benzene rings is 2. The van der Waals surface area contributed by atoms with Gasteiger partial charge in [0, 0.05) is 18.7 Å². The Labute approximate surface area is 148 Å². The molecule has 1 N–H and O–H groups in total. The first-order valence-corrected chi connectivity index (χ1v) is 8.10. The minimum atomic E-state index is -1.65. The van der Waals surface area contributed by atoms with Crippen LogP contribution in [0.2, 0.25) is 0 Å². The summed E-state index contributed by atoms with van der Waals surface area (Å²) in [6, 6.07) is 7.24. The van der Waals surface area contributed by atoms with Gasteiger partial charge in [-0.05, 0) is 43.2 Å². The fraction of sp³-hybridized carbons (Fsp3) is 0.263. The van der Waals surface area contributed by atoms with Gasteiger partial charge in [0.05, 0.1) is 11.6 Å². The van der Waals surface area contributed by atoms with Gasteiger partial charge >= 0.3 is 0 Å². The zero-order chi connectivity index (χ0) is 19.0. The number of hydrogen-bond donors (Lipinski definition) is 1. The SMILES string of the molecule is Cc1cccc(N2CC(C(=O)Nc3ccc(F)c(F)c3F)CC2=O)c1C. The average Bonchev–Trinajstić information content (AvgIpc) is 2.99. The summed E-state index contributed by atoms with van der Waals surface area (Å²) >= 11 is 0. The molecule has 2 amide bonds. The zero-order valence-corrected chi connectivity index (χ0v) is 14.3. The number of carbonyl (C=O) groups excluding carboxylic acids is 2. The second kappa shape index (κ2) is 6.82. The van der Waals surface area contributed by atoms with Crippen molar-refractivity contribution >= 4 is 23.2 Å². The van der Waals surface area contributed by atoms with E-state index < -0.39 is 35.0 Å². The van der Waals surface area contributed by atoms with Crippen LogP contribution in [0.5, 0.6) is 0 Å². The summed E-state index contributed by atoms with van der Waals surface area (Å²) in [5.41, 5.74) is 2.23. The highest BCUT2D eigenvalue weighted by Gasteiger charge is 2.36. The Morgan fingerprint density at radius 1 is 1.12 bits per heavy atom. The molecule has 2 aromatic rings. The van der Waals surface area contributed by atoms with E-state index in [0.717, 1.165) is 28.9 Å². The summed E-state index contributed by atoms with van der Waals surface area (Å²) in [6.45, 7) is 3.96. The Balaban J connectivity index is 1.77. The molecule has 0 bridgehead atoms. The molecule has 26 heavy (non-hydrogen) atoms. The fourth-order valence-corrected chi connectivity index (χ4v) is 3.00. The quantitative estimate of drug-likeness (QED) is 0.847. The number of anilines is 2. The molecule has 136 valence electrons. The van der Waals surface area contributed by atoms with Crippen LogP contribution in [0, 0.1) is 37.2 Å². The maximum absolute atomic E-state index is 13.7. The number of carbonyl (C=O) groups is 2. The first-order chi connectivity index (χ1) is 12.3. The van der Waals surface area contributed by atoms with Crippen LogP contribution in [0.4, 0.5) is 24.5 Å². The first-order valence-electron chi connectivity index (χ1n) is 8.10. The van der Waals surface area contributed by atoms with Gasteiger partial charge in [0.15, 0.2) is 17.5 Å². The Hall–Kier alpha value is -2.83. The lowest BCUT2D eigenvalue weighted by molar-refractivity contribution is -0.122. The van der Waals surface area contributed by atoms with E-state index in [1.807, 2.05) is 26.0 Å².